The van der Waals surface area contributed by atoms with Crippen LogP contribution in [0.3, 0.4) is 0 Å². The van der Waals surface area contributed by atoms with Crippen molar-refractivity contribution >= 4 is 16.3 Å². The molecule has 0 saturated heterocycles. The molecule has 0 spiro atoms. The van der Waals surface area contributed by atoms with Gasteiger partial charge in [0, 0.05) is 0 Å². The van der Waals surface area contributed by atoms with E-state index in [0.29, 0.717) is 16.8 Å². The summed E-state index contributed by atoms with van der Waals surface area (Å²) in [5, 5.41) is 1.24. The third-order valence-corrected chi connectivity index (χ3v) is 2.74. The zero-order valence-electron chi connectivity index (χ0n) is 8.84. The van der Waals surface area contributed by atoms with Crippen molar-refractivity contribution in [1.29, 1.82) is 0 Å². The predicted molar refractivity (Wildman–Crippen MR) is 63.9 cm³/mol. The second-order valence-electron chi connectivity index (χ2n) is 3.17. The molecule has 0 fully saturated rings. The number of nitrogen functional groups attached to an aromatic ring is 1. The van der Waals surface area contributed by atoms with Gasteiger partial charge >= 0.3 is 0 Å². The lowest BCUT2D eigenvalue weighted by Crippen LogP contribution is -1.95. The van der Waals surface area contributed by atoms with Crippen molar-refractivity contribution in [3.8, 4) is 10.9 Å². The number of nitrogens with two attached hydrogens (primary N) is 1. The Labute approximate surface area is 97.6 Å². The van der Waals surface area contributed by atoms with E-state index >= 15 is 0 Å². The zero-order valence-corrected chi connectivity index (χ0v) is 9.66. The van der Waals surface area contributed by atoms with Crippen LogP contribution in [0.2, 0.25) is 0 Å². The summed E-state index contributed by atoms with van der Waals surface area (Å²) in [7, 11) is 1.64. The maximum Gasteiger partial charge on any atom is 0.275 e. The summed E-state index contributed by atoms with van der Waals surface area (Å²) in [5.74, 6) is 0.819. The minimum Gasteiger partial charge on any atom is -0.497 e. The quantitative estimate of drug-likeness (QED) is 0.885. The minimum atomic E-state index is 0.462. The van der Waals surface area contributed by atoms with Crippen molar-refractivity contribution in [2.75, 3.05) is 12.8 Å². The van der Waals surface area contributed by atoms with Crippen LogP contribution in [0.5, 0.6) is 10.9 Å². The molecule has 0 atom stereocenters. The van der Waals surface area contributed by atoms with E-state index in [0.717, 1.165) is 11.3 Å². The Kier molecular flexibility index (Phi) is 3.26. The van der Waals surface area contributed by atoms with E-state index in [2.05, 4.69) is 4.98 Å². The van der Waals surface area contributed by atoms with Gasteiger partial charge in [-0.25, -0.2) is 4.98 Å². The van der Waals surface area contributed by atoms with Crippen LogP contribution < -0.4 is 15.2 Å². The summed E-state index contributed by atoms with van der Waals surface area (Å²) in [4.78, 5) is 4.01. The average Bonchev–Trinajstić information content (AvgIpc) is 2.73. The molecule has 0 bridgehead atoms. The fourth-order valence-corrected chi connectivity index (χ4v) is 1.77. The first kappa shape index (κ1) is 10.8. The molecule has 16 heavy (non-hydrogen) atoms. The van der Waals surface area contributed by atoms with Crippen molar-refractivity contribution in [1.82, 2.24) is 4.98 Å². The molecule has 1 aromatic carbocycles. The Balaban J connectivity index is 1.99. The van der Waals surface area contributed by atoms with Gasteiger partial charge in [0.2, 0.25) is 0 Å². The molecule has 0 unspecified atom stereocenters. The van der Waals surface area contributed by atoms with Crippen LogP contribution in [-0.4, -0.2) is 12.1 Å². The number of nitrogens with zero attached hydrogens (tertiary/aromatic N) is 1. The minimum absolute atomic E-state index is 0.462. The third kappa shape index (κ3) is 2.64. The topological polar surface area (TPSA) is 57.4 Å². The van der Waals surface area contributed by atoms with E-state index in [1.165, 1.54) is 11.3 Å². The summed E-state index contributed by atoms with van der Waals surface area (Å²) in [6, 6.07) is 7.72. The van der Waals surface area contributed by atoms with Gasteiger partial charge in [0.15, 0.2) is 0 Å². The molecule has 0 amide bonds. The number of benzene rings is 1. The Morgan fingerprint density at radius 1 is 1.44 bits per heavy atom. The maximum atomic E-state index is 5.55. The Morgan fingerprint density at radius 2 is 2.31 bits per heavy atom. The summed E-state index contributed by atoms with van der Waals surface area (Å²) in [6.45, 7) is 0.462. The third-order valence-electron chi connectivity index (χ3n) is 2.00. The van der Waals surface area contributed by atoms with Crippen LogP contribution in [0.1, 0.15) is 5.56 Å². The van der Waals surface area contributed by atoms with Crippen molar-refractivity contribution in [2.24, 2.45) is 0 Å². The van der Waals surface area contributed by atoms with E-state index in [1.807, 2.05) is 24.3 Å². The molecule has 84 valence electrons. The van der Waals surface area contributed by atoms with Crippen molar-refractivity contribution < 1.29 is 9.47 Å². The SMILES string of the molecule is COc1cccc(COc2ncc(N)s2)c1. The second-order valence-corrected chi connectivity index (χ2v) is 4.19. The molecule has 0 aliphatic rings. The highest BCUT2D eigenvalue weighted by Gasteiger charge is 2.01. The first-order valence-electron chi connectivity index (χ1n) is 4.75. The first-order valence-corrected chi connectivity index (χ1v) is 5.56. The monoisotopic (exact) mass is 236 g/mol. The largest absolute Gasteiger partial charge is 0.497 e. The van der Waals surface area contributed by atoms with Gasteiger partial charge in [-0.05, 0) is 17.7 Å². The van der Waals surface area contributed by atoms with E-state index in [1.54, 1.807) is 13.3 Å². The van der Waals surface area contributed by atoms with Crippen LogP contribution in [-0.2, 0) is 6.61 Å². The standard InChI is InChI=1S/C11H12N2O2S/c1-14-9-4-2-3-8(5-9)7-15-11-13-6-10(12)16-11/h2-6H,7,12H2,1H3. The molecule has 2 aromatic rings. The second kappa shape index (κ2) is 4.85. The molecule has 1 heterocycles. The van der Waals surface area contributed by atoms with E-state index < -0.39 is 0 Å². The fraction of sp³-hybridized carbons (Fsp3) is 0.182. The van der Waals surface area contributed by atoms with Crippen LogP contribution >= 0.6 is 11.3 Å². The number of aromatic nitrogens is 1. The lowest BCUT2D eigenvalue weighted by molar-refractivity contribution is 0.303. The Hall–Kier alpha value is -1.75. The molecule has 0 aliphatic carbocycles. The van der Waals surface area contributed by atoms with Gasteiger partial charge in [-0.1, -0.05) is 23.5 Å². The van der Waals surface area contributed by atoms with Crippen LogP contribution in [0.15, 0.2) is 30.5 Å². The van der Waals surface area contributed by atoms with Gasteiger partial charge in [0.1, 0.15) is 17.4 Å². The summed E-state index contributed by atoms with van der Waals surface area (Å²) in [6.07, 6.45) is 1.59. The summed E-state index contributed by atoms with van der Waals surface area (Å²) < 4.78 is 10.6. The Morgan fingerprint density at radius 3 is 3.00 bits per heavy atom. The van der Waals surface area contributed by atoms with Crippen LogP contribution in [0.4, 0.5) is 5.00 Å². The molecule has 1 aromatic heterocycles. The number of hydrogen-bond donors (Lipinski definition) is 1. The zero-order chi connectivity index (χ0) is 11.4. The highest BCUT2D eigenvalue weighted by molar-refractivity contribution is 7.17. The lowest BCUT2D eigenvalue weighted by atomic mass is 10.2. The molecule has 5 heteroatoms. The van der Waals surface area contributed by atoms with Gasteiger partial charge < -0.3 is 15.2 Å². The molecule has 0 saturated carbocycles. The molecule has 2 N–H and O–H groups in total. The number of anilines is 1. The van der Waals surface area contributed by atoms with Crippen LogP contribution in [0.25, 0.3) is 0 Å². The molecule has 2 rings (SSSR count). The van der Waals surface area contributed by atoms with Gasteiger partial charge in [0.25, 0.3) is 5.19 Å². The molecule has 4 nitrogen and oxygen atoms in total. The highest BCUT2D eigenvalue weighted by atomic mass is 32.1. The predicted octanol–water partition coefficient (Wildman–Crippen LogP) is 2.31. The number of thiazole rings is 1. The van der Waals surface area contributed by atoms with Gasteiger partial charge in [-0.2, -0.15) is 0 Å². The lowest BCUT2D eigenvalue weighted by Gasteiger charge is -2.04. The average molecular weight is 236 g/mol. The van der Waals surface area contributed by atoms with Crippen molar-refractivity contribution in [3.63, 3.8) is 0 Å². The molecule has 0 aliphatic heterocycles. The molecule has 0 radical (unpaired) electrons. The van der Waals surface area contributed by atoms with E-state index in [4.69, 9.17) is 15.2 Å². The van der Waals surface area contributed by atoms with Crippen LogP contribution in [0, 0.1) is 0 Å². The van der Waals surface area contributed by atoms with E-state index in [-0.39, 0.29) is 0 Å². The fourth-order valence-electron chi connectivity index (χ4n) is 1.24. The molecular formula is C11H12N2O2S. The highest BCUT2D eigenvalue weighted by Crippen LogP contribution is 2.23. The normalized spacial score (nSPS) is 10.1. The molecular weight excluding hydrogens is 224 g/mol. The van der Waals surface area contributed by atoms with Gasteiger partial charge in [0.05, 0.1) is 13.3 Å². The summed E-state index contributed by atoms with van der Waals surface area (Å²) in [5.41, 5.74) is 6.58. The maximum absolute atomic E-state index is 5.55. The number of hydrogen-bond acceptors (Lipinski definition) is 5. The van der Waals surface area contributed by atoms with Gasteiger partial charge in [-0.15, -0.1) is 0 Å². The Bertz CT molecular complexity index is 471. The number of ether oxygens (including phenoxy) is 2. The summed E-state index contributed by atoms with van der Waals surface area (Å²) >= 11 is 1.33. The van der Waals surface area contributed by atoms with Crippen molar-refractivity contribution in [3.05, 3.63) is 36.0 Å². The smallest absolute Gasteiger partial charge is 0.275 e. The number of methoxy groups -OCH3 is 1. The van der Waals surface area contributed by atoms with Gasteiger partial charge in [-0.3, -0.25) is 0 Å². The number of rotatable bonds is 4. The van der Waals surface area contributed by atoms with E-state index in [9.17, 15) is 0 Å². The van der Waals surface area contributed by atoms with Crippen molar-refractivity contribution in [2.45, 2.75) is 6.61 Å². The first-order chi connectivity index (χ1) is 7.78.